The molecule has 1 aromatic heterocycles. The molecule has 1 aliphatic rings. The number of rotatable bonds is 5. The number of pyridine rings is 1. The number of nitrogens with zero attached hydrogens (tertiary/aromatic N) is 2. The Hall–Kier alpha value is -2.52. The number of carbonyl (C=O) groups is 1. The molecule has 1 aliphatic heterocycles. The number of benzene rings is 2. The third-order valence-corrected chi connectivity index (χ3v) is 5.10. The smallest absolute Gasteiger partial charge is 0.164 e. The first kappa shape index (κ1) is 16.0. The number of Topliss-reactive ketones (excluding diaryl/α,β-unsaturated/α-hetero) is 1. The number of likely N-dealkylation sites (tertiary alicyclic amines) is 1. The summed E-state index contributed by atoms with van der Waals surface area (Å²) < 4.78 is 0. The Morgan fingerprint density at radius 1 is 1.04 bits per heavy atom. The van der Waals surface area contributed by atoms with Gasteiger partial charge in [0.1, 0.15) is 0 Å². The first-order chi connectivity index (χ1) is 12.3. The van der Waals surface area contributed by atoms with Crippen molar-refractivity contribution in [3.05, 3.63) is 78.1 Å². The van der Waals surface area contributed by atoms with Crippen LogP contribution in [0.15, 0.2) is 66.9 Å². The summed E-state index contributed by atoms with van der Waals surface area (Å²) in [5, 5.41) is 2.31. The Kier molecular flexibility index (Phi) is 4.57. The molecule has 1 fully saturated rings. The normalized spacial score (nSPS) is 17.8. The van der Waals surface area contributed by atoms with Crippen molar-refractivity contribution in [1.29, 1.82) is 0 Å². The van der Waals surface area contributed by atoms with Gasteiger partial charge in [-0.25, -0.2) is 0 Å². The Morgan fingerprint density at radius 3 is 2.72 bits per heavy atom. The van der Waals surface area contributed by atoms with Gasteiger partial charge in [0.2, 0.25) is 0 Å². The minimum atomic E-state index is 0.229. The van der Waals surface area contributed by atoms with Gasteiger partial charge < -0.3 is 4.90 Å². The van der Waals surface area contributed by atoms with Gasteiger partial charge in [-0.2, -0.15) is 0 Å². The van der Waals surface area contributed by atoms with Gasteiger partial charge >= 0.3 is 0 Å². The average molecular weight is 330 g/mol. The van der Waals surface area contributed by atoms with Crippen molar-refractivity contribution >= 4 is 16.6 Å². The monoisotopic (exact) mass is 330 g/mol. The standard InChI is InChI=1S/C22H22N2O/c25-22(19-9-8-17-5-1-2-6-18(17)15-19)11-14-24-13-10-20(16-24)21-7-3-4-12-23-21/h1-9,12,15,20H,10-11,13-14,16H2. The lowest BCUT2D eigenvalue weighted by molar-refractivity contribution is 0.0969. The number of carbonyl (C=O) groups excluding carboxylic acids is 1. The van der Waals surface area contributed by atoms with Crippen molar-refractivity contribution in [2.45, 2.75) is 18.8 Å². The van der Waals surface area contributed by atoms with Crippen molar-refractivity contribution in [2.75, 3.05) is 19.6 Å². The minimum absolute atomic E-state index is 0.229. The van der Waals surface area contributed by atoms with Gasteiger partial charge in [0.15, 0.2) is 5.78 Å². The van der Waals surface area contributed by atoms with Crippen molar-refractivity contribution in [2.24, 2.45) is 0 Å². The lowest BCUT2D eigenvalue weighted by Crippen LogP contribution is -2.23. The molecule has 3 aromatic rings. The van der Waals surface area contributed by atoms with Crippen LogP contribution in [0.4, 0.5) is 0 Å². The fourth-order valence-corrected chi connectivity index (χ4v) is 3.66. The predicted molar refractivity (Wildman–Crippen MR) is 101 cm³/mol. The van der Waals surface area contributed by atoms with Crippen LogP contribution < -0.4 is 0 Å². The summed E-state index contributed by atoms with van der Waals surface area (Å²) in [5.41, 5.74) is 1.99. The average Bonchev–Trinajstić information content (AvgIpc) is 3.15. The first-order valence-electron chi connectivity index (χ1n) is 8.95. The molecule has 1 atom stereocenters. The highest BCUT2D eigenvalue weighted by atomic mass is 16.1. The summed E-state index contributed by atoms with van der Waals surface area (Å²) >= 11 is 0. The van der Waals surface area contributed by atoms with E-state index >= 15 is 0 Å². The lowest BCUT2D eigenvalue weighted by Gasteiger charge is -2.15. The zero-order chi connectivity index (χ0) is 17.1. The summed E-state index contributed by atoms with van der Waals surface area (Å²) in [7, 11) is 0. The molecule has 0 bridgehead atoms. The Morgan fingerprint density at radius 2 is 1.88 bits per heavy atom. The molecule has 3 nitrogen and oxygen atoms in total. The van der Waals surface area contributed by atoms with Crippen LogP contribution in [-0.4, -0.2) is 35.3 Å². The van der Waals surface area contributed by atoms with E-state index in [2.05, 4.69) is 28.1 Å². The van der Waals surface area contributed by atoms with E-state index < -0.39 is 0 Å². The molecule has 25 heavy (non-hydrogen) atoms. The van der Waals surface area contributed by atoms with Crippen LogP contribution in [0.1, 0.15) is 34.8 Å². The van der Waals surface area contributed by atoms with Gasteiger partial charge in [-0.15, -0.1) is 0 Å². The Labute approximate surface area is 148 Å². The van der Waals surface area contributed by atoms with Crippen molar-refractivity contribution in [1.82, 2.24) is 9.88 Å². The molecule has 2 aromatic carbocycles. The van der Waals surface area contributed by atoms with Gasteiger partial charge in [0, 0.05) is 42.9 Å². The molecule has 3 heteroatoms. The topological polar surface area (TPSA) is 33.2 Å². The van der Waals surface area contributed by atoms with E-state index in [9.17, 15) is 4.79 Å². The van der Waals surface area contributed by atoms with Gasteiger partial charge in [-0.1, -0.05) is 42.5 Å². The lowest BCUT2D eigenvalue weighted by atomic mass is 10.0. The molecule has 2 heterocycles. The number of hydrogen-bond donors (Lipinski definition) is 0. The van der Waals surface area contributed by atoms with Crippen LogP contribution in [-0.2, 0) is 0 Å². The molecule has 0 N–H and O–H groups in total. The van der Waals surface area contributed by atoms with Crippen LogP contribution in [0.25, 0.3) is 10.8 Å². The minimum Gasteiger partial charge on any atom is -0.302 e. The maximum absolute atomic E-state index is 12.6. The molecule has 4 rings (SSSR count). The number of fused-ring (bicyclic) bond motifs is 1. The quantitative estimate of drug-likeness (QED) is 0.654. The summed E-state index contributed by atoms with van der Waals surface area (Å²) in [4.78, 5) is 19.4. The van der Waals surface area contributed by atoms with Gasteiger partial charge in [0.25, 0.3) is 0 Å². The van der Waals surface area contributed by atoms with E-state index in [4.69, 9.17) is 0 Å². The van der Waals surface area contributed by atoms with E-state index in [-0.39, 0.29) is 5.78 Å². The Balaban J connectivity index is 1.35. The van der Waals surface area contributed by atoms with Crippen molar-refractivity contribution < 1.29 is 4.79 Å². The van der Waals surface area contributed by atoms with Gasteiger partial charge in [-0.05, 0) is 41.9 Å². The van der Waals surface area contributed by atoms with Gasteiger partial charge in [-0.3, -0.25) is 9.78 Å². The van der Waals surface area contributed by atoms with E-state index in [1.165, 1.54) is 11.1 Å². The number of aromatic nitrogens is 1. The highest BCUT2D eigenvalue weighted by Gasteiger charge is 2.24. The number of ketones is 1. The van der Waals surface area contributed by atoms with Crippen molar-refractivity contribution in [3.8, 4) is 0 Å². The highest BCUT2D eigenvalue weighted by molar-refractivity contribution is 6.00. The van der Waals surface area contributed by atoms with E-state index in [0.29, 0.717) is 12.3 Å². The molecule has 126 valence electrons. The summed E-state index contributed by atoms with van der Waals surface area (Å²) in [6, 6.07) is 20.3. The summed E-state index contributed by atoms with van der Waals surface area (Å²) in [6.07, 6.45) is 3.57. The second-order valence-corrected chi connectivity index (χ2v) is 6.78. The van der Waals surface area contributed by atoms with Crippen LogP contribution in [0.2, 0.25) is 0 Å². The molecule has 0 spiro atoms. The zero-order valence-electron chi connectivity index (χ0n) is 14.3. The fraction of sp³-hybridized carbons (Fsp3) is 0.273. The summed E-state index contributed by atoms with van der Waals surface area (Å²) in [5.74, 6) is 0.726. The number of hydrogen-bond acceptors (Lipinski definition) is 3. The van der Waals surface area contributed by atoms with Crippen LogP contribution in [0.3, 0.4) is 0 Å². The SMILES string of the molecule is O=C(CCN1CCC(c2ccccn2)C1)c1ccc2ccccc2c1. The molecule has 0 amide bonds. The highest BCUT2D eigenvalue weighted by Crippen LogP contribution is 2.25. The third-order valence-electron chi connectivity index (χ3n) is 5.10. The zero-order valence-corrected chi connectivity index (χ0v) is 14.3. The largest absolute Gasteiger partial charge is 0.302 e. The molecular formula is C22H22N2O. The molecule has 0 aliphatic carbocycles. The summed E-state index contributed by atoms with van der Waals surface area (Å²) in [6.45, 7) is 2.88. The second-order valence-electron chi connectivity index (χ2n) is 6.78. The predicted octanol–water partition coefficient (Wildman–Crippen LogP) is 4.30. The van der Waals surface area contributed by atoms with Gasteiger partial charge in [0.05, 0.1) is 0 Å². The third kappa shape index (κ3) is 3.62. The molecular weight excluding hydrogens is 308 g/mol. The van der Waals surface area contributed by atoms with Crippen LogP contribution in [0.5, 0.6) is 0 Å². The molecule has 0 radical (unpaired) electrons. The van der Waals surface area contributed by atoms with Crippen LogP contribution in [0, 0.1) is 0 Å². The molecule has 0 saturated carbocycles. The molecule has 1 saturated heterocycles. The first-order valence-corrected chi connectivity index (χ1v) is 8.95. The fourth-order valence-electron chi connectivity index (χ4n) is 3.66. The Bertz CT molecular complexity index is 875. The van der Waals surface area contributed by atoms with Crippen LogP contribution >= 0.6 is 0 Å². The maximum atomic E-state index is 12.6. The maximum Gasteiger partial charge on any atom is 0.164 e. The second kappa shape index (κ2) is 7.16. The van der Waals surface area contributed by atoms with E-state index in [1.54, 1.807) is 0 Å². The van der Waals surface area contributed by atoms with E-state index in [0.717, 1.165) is 37.0 Å². The van der Waals surface area contributed by atoms with E-state index in [1.807, 2.05) is 48.7 Å². The molecule has 1 unspecified atom stereocenters. The van der Waals surface area contributed by atoms with Crippen molar-refractivity contribution in [3.63, 3.8) is 0 Å².